The Balaban J connectivity index is 2.13. The summed E-state index contributed by atoms with van der Waals surface area (Å²) in [7, 11) is 0. The van der Waals surface area contributed by atoms with Gasteiger partial charge in [0.2, 0.25) is 11.8 Å². The number of hydrogen-bond acceptors (Lipinski definition) is 2. The van der Waals surface area contributed by atoms with Crippen molar-refractivity contribution in [2.75, 3.05) is 6.54 Å². The molecule has 4 nitrogen and oxygen atoms in total. The Labute approximate surface area is 128 Å². The van der Waals surface area contributed by atoms with Gasteiger partial charge in [-0.15, -0.1) is 0 Å². The van der Waals surface area contributed by atoms with Crippen molar-refractivity contribution >= 4 is 11.8 Å². The fraction of sp³-hybridized carbons (Fsp3) is 0.882. The van der Waals surface area contributed by atoms with E-state index >= 15 is 0 Å². The maximum atomic E-state index is 12.8. The van der Waals surface area contributed by atoms with Gasteiger partial charge in [0.1, 0.15) is 12.1 Å². The van der Waals surface area contributed by atoms with Crippen molar-refractivity contribution in [3.05, 3.63) is 0 Å². The van der Waals surface area contributed by atoms with E-state index in [2.05, 4.69) is 19.2 Å². The zero-order chi connectivity index (χ0) is 15.8. The van der Waals surface area contributed by atoms with Gasteiger partial charge in [-0.05, 0) is 42.9 Å². The fourth-order valence-electron chi connectivity index (χ4n) is 3.26. The van der Waals surface area contributed by atoms with Gasteiger partial charge in [-0.3, -0.25) is 9.59 Å². The Morgan fingerprint density at radius 2 is 1.86 bits per heavy atom. The summed E-state index contributed by atoms with van der Waals surface area (Å²) >= 11 is 0. The predicted octanol–water partition coefficient (Wildman–Crippen LogP) is 2.57. The minimum absolute atomic E-state index is 0.0311. The van der Waals surface area contributed by atoms with Crippen LogP contribution in [-0.2, 0) is 9.59 Å². The maximum Gasteiger partial charge on any atom is 0.246 e. The third-order valence-corrected chi connectivity index (χ3v) is 4.50. The molecule has 2 unspecified atom stereocenters. The molecule has 2 atom stereocenters. The standard InChI is InChI=1S/C17H30N2O2/c1-11(2)7-6-10-19-14(17(3,4)5)15(20)18-13(16(19)21)12-8-9-12/h11-14H,6-10H2,1-5H3,(H,18,20). The highest BCUT2D eigenvalue weighted by atomic mass is 16.2. The van der Waals surface area contributed by atoms with E-state index in [-0.39, 0.29) is 29.3 Å². The number of carbonyl (C=O) groups excluding carboxylic acids is 2. The summed E-state index contributed by atoms with van der Waals surface area (Å²) in [6.45, 7) is 11.2. The van der Waals surface area contributed by atoms with Gasteiger partial charge in [0, 0.05) is 6.54 Å². The lowest BCUT2D eigenvalue weighted by Gasteiger charge is -2.45. The molecule has 0 spiro atoms. The average molecular weight is 294 g/mol. The van der Waals surface area contributed by atoms with Crippen molar-refractivity contribution in [3.63, 3.8) is 0 Å². The molecule has 21 heavy (non-hydrogen) atoms. The fourth-order valence-corrected chi connectivity index (χ4v) is 3.26. The van der Waals surface area contributed by atoms with E-state index in [1.165, 1.54) is 0 Å². The summed E-state index contributed by atoms with van der Waals surface area (Å²) in [6.07, 6.45) is 4.20. The summed E-state index contributed by atoms with van der Waals surface area (Å²) in [5, 5.41) is 2.98. The topological polar surface area (TPSA) is 49.4 Å². The van der Waals surface area contributed by atoms with Crippen molar-refractivity contribution in [2.24, 2.45) is 17.3 Å². The zero-order valence-electron chi connectivity index (χ0n) is 14.1. The number of nitrogens with zero attached hydrogens (tertiary/aromatic N) is 1. The molecule has 0 aromatic carbocycles. The van der Waals surface area contributed by atoms with E-state index in [1.807, 2.05) is 25.7 Å². The summed E-state index contributed by atoms with van der Waals surface area (Å²) in [5.41, 5.74) is -0.230. The third kappa shape index (κ3) is 3.78. The summed E-state index contributed by atoms with van der Waals surface area (Å²) in [6, 6.07) is -0.609. The van der Waals surface area contributed by atoms with E-state index in [0.717, 1.165) is 25.7 Å². The highest BCUT2D eigenvalue weighted by molar-refractivity contribution is 5.97. The molecule has 1 aliphatic carbocycles. The Morgan fingerprint density at radius 3 is 2.33 bits per heavy atom. The Hall–Kier alpha value is -1.06. The highest BCUT2D eigenvalue weighted by Gasteiger charge is 2.49. The number of nitrogens with one attached hydrogen (secondary N) is 1. The predicted molar refractivity (Wildman–Crippen MR) is 83.7 cm³/mol. The van der Waals surface area contributed by atoms with Gasteiger partial charge in [-0.2, -0.15) is 0 Å². The van der Waals surface area contributed by atoms with Crippen LogP contribution < -0.4 is 5.32 Å². The Bertz CT molecular complexity index is 408. The summed E-state index contributed by atoms with van der Waals surface area (Å²) in [4.78, 5) is 27.2. The molecule has 120 valence electrons. The maximum absolute atomic E-state index is 12.8. The molecule has 0 aromatic rings. The smallest absolute Gasteiger partial charge is 0.246 e. The van der Waals surface area contributed by atoms with Crippen LogP contribution in [0.5, 0.6) is 0 Å². The number of piperazine rings is 1. The van der Waals surface area contributed by atoms with Crippen molar-refractivity contribution in [3.8, 4) is 0 Å². The molecular formula is C17H30N2O2. The van der Waals surface area contributed by atoms with Crippen LogP contribution in [-0.4, -0.2) is 35.3 Å². The zero-order valence-corrected chi connectivity index (χ0v) is 14.1. The van der Waals surface area contributed by atoms with Crippen molar-refractivity contribution in [2.45, 2.75) is 72.4 Å². The van der Waals surface area contributed by atoms with E-state index in [9.17, 15) is 9.59 Å². The SMILES string of the molecule is CC(C)CCCN1C(=O)C(C2CC2)NC(=O)C1C(C)(C)C. The molecule has 0 aromatic heterocycles. The molecule has 2 rings (SSSR count). The van der Waals surface area contributed by atoms with Crippen molar-refractivity contribution < 1.29 is 9.59 Å². The first kappa shape index (κ1) is 16.3. The molecule has 2 amide bonds. The van der Waals surface area contributed by atoms with Gasteiger partial charge in [-0.1, -0.05) is 34.6 Å². The molecule has 2 aliphatic rings. The first-order valence-corrected chi connectivity index (χ1v) is 8.32. The number of amides is 2. The monoisotopic (exact) mass is 294 g/mol. The quantitative estimate of drug-likeness (QED) is 0.847. The molecule has 1 N–H and O–H groups in total. The van der Waals surface area contributed by atoms with E-state index < -0.39 is 0 Å². The van der Waals surface area contributed by atoms with Gasteiger partial charge >= 0.3 is 0 Å². The van der Waals surface area contributed by atoms with Crippen LogP contribution in [0.25, 0.3) is 0 Å². The lowest BCUT2D eigenvalue weighted by Crippen LogP contribution is -2.67. The summed E-state index contributed by atoms with van der Waals surface area (Å²) < 4.78 is 0. The number of carbonyl (C=O) groups is 2. The Morgan fingerprint density at radius 1 is 1.24 bits per heavy atom. The molecule has 0 bridgehead atoms. The number of hydrogen-bond donors (Lipinski definition) is 1. The largest absolute Gasteiger partial charge is 0.342 e. The molecule has 1 aliphatic heterocycles. The van der Waals surface area contributed by atoms with Crippen LogP contribution in [0.4, 0.5) is 0 Å². The second-order valence-electron chi connectivity index (χ2n) is 8.16. The first-order chi connectivity index (χ1) is 9.71. The molecule has 1 saturated heterocycles. The van der Waals surface area contributed by atoms with Crippen molar-refractivity contribution in [1.29, 1.82) is 0 Å². The van der Waals surface area contributed by atoms with Crippen LogP contribution in [0.15, 0.2) is 0 Å². The van der Waals surface area contributed by atoms with Crippen LogP contribution in [0.2, 0.25) is 0 Å². The van der Waals surface area contributed by atoms with E-state index in [4.69, 9.17) is 0 Å². The van der Waals surface area contributed by atoms with E-state index in [1.54, 1.807) is 0 Å². The molecular weight excluding hydrogens is 264 g/mol. The van der Waals surface area contributed by atoms with Crippen LogP contribution >= 0.6 is 0 Å². The van der Waals surface area contributed by atoms with Crippen molar-refractivity contribution in [1.82, 2.24) is 10.2 Å². The van der Waals surface area contributed by atoms with Gasteiger partial charge < -0.3 is 10.2 Å². The lowest BCUT2D eigenvalue weighted by atomic mass is 9.82. The minimum atomic E-state index is -0.341. The molecule has 2 fully saturated rings. The lowest BCUT2D eigenvalue weighted by molar-refractivity contribution is -0.154. The molecule has 4 heteroatoms. The van der Waals surface area contributed by atoms with E-state index in [0.29, 0.717) is 18.4 Å². The second kappa shape index (κ2) is 5.98. The van der Waals surface area contributed by atoms with Gasteiger partial charge in [-0.25, -0.2) is 0 Å². The average Bonchev–Trinajstić information content (AvgIpc) is 3.14. The van der Waals surface area contributed by atoms with Crippen LogP contribution in [0.3, 0.4) is 0 Å². The first-order valence-electron chi connectivity index (χ1n) is 8.32. The van der Waals surface area contributed by atoms with Crippen LogP contribution in [0.1, 0.15) is 60.3 Å². The minimum Gasteiger partial charge on any atom is -0.342 e. The van der Waals surface area contributed by atoms with Crippen LogP contribution in [0, 0.1) is 17.3 Å². The highest BCUT2D eigenvalue weighted by Crippen LogP contribution is 2.37. The van der Waals surface area contributed by atoms with Gasteiger partial charge in [0.15, 0.2) is 0 Å². The van der Waals surface area contributed by atoms with Gasteiger partial charge in [0.25, 0.3) is 0 Å². The molecule has 1 heterocycles. The normalized spacial score (nSPS) is 27.2. The molecule has 0 radical (unpaired) electrons. The molecule has 1 saturated carbocycles. The third-order valence-electron chi connectivity index (χ3n) is 4.50. The Kier molecular flexibility index (Phi) is 4.64. The van der Waals surface area contributed by atoms with Gasteiger partial charge in [0.05, 0.1) is 0 Å². The second-order valence-corrected chi connectivity index (χ2v) is 8.16. The number of rotatable bonds is 5. The summed E-state index contributed by atoms with van der Waals surface area (Å²) in [5.74, 6) is 1.17.